The zero-order valence-corrected chi connectivity index (χ0v) is 19.3. The third-order valence-corrected chi connectivity index (χ3v) is 5.60. The second-order valence-corrected chi connectivity index (χ2v) is 8.16. The van der Waals surface area contributed by atoms with E-state index in [1.54, 1.807) is 24.3 Å². The molecule has 2 N–H and O–H groups in total. The molecule has 0 saturated carbocycles. The van der Waals surface area contributed by atoms with Crippen LogP contribution in [0, 0.1) is 11.6 Å². The number of morpholine rings is 1. The van der Waals surface area contributed by atoms with E-state index in [-0.39, 0.29) is 25.3 Å². The average molecular weight is 534 g/mol. The molecule has 1 amide bonds. The van der Waals surface area contributed by atoms with Gasteiger partial charge in [-0.2, -0.15) is 13.6 Å². The van der Waals surface area contributed by atoms with Crippen LogP contribution in [0.3, 0.4) is 0 Å². The van der Waals surface area contributed by atoms with Crippen LogP contribution in [-0.2, 0) is 17.0 Å². The fraction of sp³-hybridized carbons (Fsp3) is 0.273. The molecule has 38 heavy (non-hydrogen) atoms. The summed E-state index contributed by atoms with van der Waals surface area (Å²) < 4.78 is 70.1. The van der Waals surface area contributed by atoms with Crippen molar-refractivity contribution in [3.63, 3.8) is 0 Å². The minimum absolute atomic E-state index is 0.00833. The van der Waals surface area contributed by atoms with E-state index in [2.05, 4.69) is 25.6 Å². The topological polar surface area (TPSA) is 147 Å². The molecule has 2 aromatic carbocycles. The maximum absolute atomic E-state index is 14.6. The maximum atomic E-state index is 14.6. The van der Waals surface area contributed by atoms with Gasteiger partial charge in [-0.25, -0.2) is 13.6 Å². The summed E-state index contributed by atoms with van der Waals surface area (Å²) in [5.41, 5.74) is 5.07. The summed E-state index contributed by atoms with van der Waals surface area (Å²) in [6.45, 7) is -0.180. The Morgan fingerprint density at radius 3 is 2.55 bits per heavy atom. The van der Waals surface area contributed by atoms with Crippen LogP contribution < -0.4 is 10.5 Å². The van der Waals surface area contributed by atoms with Crippen molar-refractivity contribution in [2.45, 2.75) is 18.7 Å². The Bertz CT molecular complexity index is 1430. The number of benzene rings is 2. The summed E-state index contributed by atoms with van der Waals surface area (Å²) in [7, 11) is 0. The molecular weight excluding hydrogens is 516 g/mol. The van der Waals surface area contributed by atoms with Crippen LogP contribution in [0.25, 0.3) is 11.5 Å². The van der Waals surface area contributed by atoms with Crippen LogP contribution in [0.15, 0.2) is 46.9 Å². The van der Waals surface area contributed by atoms with Gasteiger partial charge in [0.1, 0.15) is 11.6 Å². The van der Waals surface area contributed by atoms with E-state index >= 15 is 0 Å². The summed E-state index contributed by atoms with van der Waals surface area (Å²) in [6, 6.07) is 10.2. The molecular formula is C22H18F4N8O4. The van der Waals surface area contributed by atoms with Crippen molar-refractivity contribution in [1.82, 2.24) is 35.3 Å². The first-order valence-electron chi connectivity index (χ1n) is 11.0. The highest BCUT2D eigenvalue weighted by Crippen LogP contribution is 2.27. The Morgan fingerprint density at radius 1 is 1.13 bits per heavy atom. The lowest BCUT2D eigenvalue weighted by molar-refractivity contribution is -0.103. The fourth-order valence-electron chi connectivity index (χ4n) is 3.73. The van der Waals surface area contributed by atoms with E-state index < -0.39 is 59.8 Å². The zero-order valence-electron chi connectivity index (χ0n) is 19.3. The number of rotatable bonds is 6. The standard InChI is InChI=1S/C22H18F4N8O4/c23-15-8-12(18-28-29-19(37-18)17(25)26)9-16(24)14(15)10-34-31-20(30-32-34)38-21(35)33-6-7-36-22(27,11-33)13-4-2-1-3-5-13/h1-5,8-9,17H,6-7,10-11,27H2. The number of tetrazole rings is 1. The van der Waals surface area contributed by atoms with Crippen LogP contribution >= 0.6 is 0 Å². The molecule has 4 aromatic rings. The van der Waals surface area contributed by atoms with E-state index in [1.807, 2.05) is 6.07 Å². The first-order valence-corrected chi connectivity index (χ1v) is 11.0. The number of halogens is 4. The molecule has 1 aliphatic rings. The van der Waals surface area contributed by atoms with Gasteiger partial charge in [0.25, 0.3) is 5.89 Å². The monoisotopic (exact) mass is 534 g/mol. The van der Waals surface area contributed by atoms with E-state index in [1.165, 1.54) is 4.90 Å². The number of nitrogens with two attached hydrogens (primary N) is 1. The van der Waals surface area contributed by atoms with Gasteiger partial charge in [-0.05, 0) is 17.3 Å². The minimum atomic E-state index is -3.03. The second kappa shape index (κ2) is 10.1. The number of hydrogen-bond acceptors (Lipinski definition) is 10. The van der Waals surface area contributed by atoms with Gasteiger partial charge in [-0.1, -0.05) is 40.5 Å². The van der Waals surface area contributed by atoms with Crippen molar-refractivity contribution >= 4 is 6.09 Å². The highest BCUT2D eigenvalue weighted by Gasteiger charge is 2.37. The number of hydrogen-bond donors (Lipinski definition) is 1. The van der Waals surface area contributed by atoms with E-state index in [0.29, 0.717) is 5.56 Å². The zero-order chi connectivity index (χ0) is 26.9. The molecule has 1 unspecified atom stereocenters. The van der Waals surface area contributed by atoms with Crippen molar-refractivity contribution in [1.29, 1.82) is 0 Å². The van der Waals surface area contributed by atoms with Crippen molar-refractivity contribution in [3.05, 3.63) is 71.1 Å². The molecule has 1 aliphatic heterocycles. The van der Waals surface area contributed by atoms with Gasteiger partial charge in [0, 0.05) is 23.2 Å². The largest absolute Gasteiger partial charge is 0.418 e. The molecule has 198 valence electrons. The predicted molar refractivity (Wildman–Crippen MR) is 117 cm³/mol. The molecule has 1 saturated heterocycles. The van der Waals surface area contributed by atoms with Crippen molar-refractivity contribution in [2.75, 3.05) is 19.7 Å². The quantitative estimate of drug-likeness (QED) is 0.366. The van der Waals surface area contributed by atoms with Crippen LogP contribution in [0.2, 0.25) is 0 Å². The van der Waals surface area contributed by atoms with Gasteiger partial charge in [0.2, 0.25) is 5.89 Å². The third-order valence-electron chi connectivity index (χ3n) is 5.60. The van der Waals surface area contributed by atoms with Gasteiger partial charge < -0.3 is 18.8 Å². The maximum Gasteiger partial charge on any atom is 0.418 e. The minimum Gasteiger partial charge on any atom is -0.415 e. The molecule has 0 radical (unpaired) electrons. The predicted octanol–water partition coefficient (Wildman–Crippen LogP) is 2.63. The Labute approximate surface area is 210 Å². The third kappa shape index (κ3) is 5.16. The highest BCUT2D eigenvalue weighted by molar-refractivity contribution is 5.70. The van der Waals surface area contributed by atoms with E-state index in [9.17, 15) is 22.4 Å². The molecule has 1 atom stereocenters. The molecule has 12 nitrogen and oxygen atoms in total. The second-order valence-electron chi connectivity index (χ2n) is 8.16. The van der Waals surface area contributed by atoms with Crippen molar-refractivity contribution < 1.29 is 36.2 Å². The number of nitrogens with zero attached hydrogens (tertiary/aromatic N) is 7. The summed E-state index contributed by atoms with van der Waals surface area (Å²) in [4.78, 5) is 14.8. The molecule has 3 heterocycles. The number of alkyl halides is 2. The summed E-state index contributed by atoms with van der Waals surface area (Å²) in [5.74, 6) is -3.56. The van der Waals surface area contributed by atoms with Crippen molar-refractivity contribution in [3.8, 4) is 17.5 Å². The van der Waals surface area contributed by atoms with Crippen molar-refractivity contribution in [2.24, 2.45) is 5.73 Å². The summed E-state index contributed by atoms with van der Waals surface area (Å²) >= 11 is 0. The van der Waals surface area contributed by atoms with Gasteiger partial charge in [0.05, 0.1) is 19.7 Å². The lowest BCUT2D eigenvalue weighted by atomic mass is 10.0. The molecule has 1 fully saturated rings. The Kier molecular flexibility index (Phi) is 6.73. The number of carbonyl (C=O) groups is 1. The van der Waals surface area contributed by atoms with Gasteiger partial charge in [0.15, 0.2) is 5.72 Å². The lowest BCUT2D eigenvalue weighted by Gasteiger charge is -2.39. The number of amides is 1. The molecule has 5 rings (SSSR count). The van der Waals surface area contributed by atoms with Gasteiger partial charge >= 0.3 is 18.5 Å². The fourth-order valence-corrected chi connectivity index (χ4v) is 3.73. The summed E-state index contributed by atoms with van der Waals surface area (Å²) in [6.07, 6.45) is -3.85. The normalized spacial score (nSPS) is 17.7. The average Bonchev–Trinajstić information content (AvgIpc) is 3.57. The Hall–Kier alpha value is -4.44. The van der Waals surface area contributed by atoms with Crippen LogP contribution in [0.5, 0.6) is 6.01 Å². The van der Waals surface area contributed by atoms with Gasteiger partial charge in [-0.15, -0.1) is 10.2 Å². The Balaban J connectivity index is 1.25. The molecule has 0 spiro atoms. The first-order chi connectivity index (χ1) is 18.2. The lowest BCUT2D eigenvalue weighted by Crippen LogP contribution is -2.57. The van der Waals surface area contributed by atoms with E-state index in [4.69, 9.17) is 19.6 Å². The van der Waals surface area contributed by atoms with Crippen LogP contribution in [-0.4, -0.2) is 61.1 Å². The SMILES string of the molecule is NC1(c2ccccc2)CN(C(=O)Oc2nnn(Cc3c(F)cc(-c4nnc(C(F)F)o4)cc3F)n2)CCO1. The highest BCUT2D eigenvalue weighted by atomic mass is 19.3. The number of aromatic nitrogens is 6. The number of ether oxygens (including phenoxy) is 2. The van der Waals surface area contributed by atoms with Crippen LogP contribution in [0.1, 0.15) is 23.4 Å². The number of carbonyl (C=O) groups excluding carboxylic acids is 1. The molecule has 0 bridgehead atoms. The molecule has 16 heteroatoms. The molecule has 0 aliphatic carbocycles. The summed E-state index contributed by atoms with van der Waals surface area (Å²) in [5, 5.41) is 17.5. The smallest absolute Gasteiger partial charge is 0.415 e. The van der Waals surface area contributed by atoms with Gasteiger partial charge in [-0.3, -0.25) is 5.73 Å². The van der Waals surface area contributed by atoms with Crippen LogP contribution in [0.4, 0.5) is 22.4 Å². The van der Waals surface area contributed by atoms with E-state index in [0.717, 1.165) is 16.9 Å². The molecule has 2 aromatic heterocycles. The Morgan fingerprint density at radius 2 is 1.87 bits per heavy atom. The first kappa shape index (κ1) is 25.2.